The van der Waals surface area contributed by atoms with Crippen LogP contribution in [0.25, 0.3) is 0 Å². The zero-order valence-corrected chi connectivity index (χ0v) is 13.7. The van der Waals surface area contributed by atoms with Gasteiger partial charge in [-0.25, -0.2) is 4.98 Å². The van der Waals surface area contributed by atoms with E-state index >= 15 is 0 Å². The van der Waals surface area contributed by atoms with Gasteiger partial charge in [0, 0.05) is 31.6 Å². The van der Waals surface area contributed by atoms with E-state index in [2.05, 4.69) is 9.97 Å². The first-order chi connectivity index (χ1) is 10.9. The fraction of sp³-hybridized carbons (Fsp3) is 0.467. The van der Waals surface area contributed by atoms with Gasteiger partial charge < -0.3 is 9.80 Å². The Balaban J connectivity index is 2.02. The molecule has 1 fully saturated rings. The number of thiophene rings is 1. The number of anilines is 2. The van der Waals surface area contributed by atoms with Gasteiger partial charge in [-0.3, -0.25) is 0 Å². The number of hydrogen-bond donors (Lipinski definition) is 0. The number of aromatic nitrogens is 2. The minimum absolute atomic E-state index is 0.0495. The van der Waals surface area contributed by atoms with Gasteiger partial charge in [0.05, 0.1) is 6.04 Å². The maximum Gasteiger partial charge on any atom is 0.433 e. The standard InChI is InChI=1S/C15H17F3N4S/c1-21(2)13-9-12(15(16,17)18)19-14(20-13)22-7-3-5-10(22)11-6-4-8-23-11/h4,6,8-10H,3,5,7H2,1-2H3. The molecule has 0 amide bonds. The van der Waals surface area contributed by atoms with Crippen molar-refractivity contribution in [1.82, 2.24) is 9.97 Å². The third-order valence-electron chi connectivity index (χ3n) is 3.83. The molecule has 1 saturated heterocycles. The molecule has 2 aromatic heterocycles. The summed E-state index contributed by atoms with van der Waals surface area (Å²) in [5, 5.41) is 1.98. The van der Waals surface area contributed by atoms with E-state index in [1.165, 1.54) is 0 Å². The molecule has 3 heterocycles. The molecule has 0 saturated carbocycles. The third-order valence-corrected chi connectivity index (χ3v) is 4.80. The Morgan fingerprint density at radius 1 is 1.30 bits per heavy atom. The molecule has 1 aliphatic rings. The molecule has 0 N–H and O–H groups in total. The highest BCUT2D eigenvalue weighted by Crippen LogP contribution is 2.38. The summed E-state index contributed by atoms with van der Waals surface area (Å²) in [6.45, 7) is 0.663. The van der Waals surface area contributed by atoms with Crippen molar-refractivity contribution in [1.29, 1.82) is 0 Å². The molecule has 1 unspecified atom stereocenters. The van der Waals surface area contributed by atoms with Crippen LogP contribution in [0.3, 0.4) is 0 Å². The van der Waals surface area contributed by atoms with Crippen LogP contribution in [0.15, 0.2) is 23.6 Å². The van der Waals surface area contributed by atoms with Crippen molar-refractivity contribution in [2.75, 3.05) is 30.4 Å². The van der Waals surface area contributed by atoms with E-state index in [9.17, 15) is 13.2 Å². The van der Waals surface area contributed by atoms with Gasteiger partial charge in [0.15, 0.2) is 5.69 Å². The average molecular weight is 342 g/mol. The maximum atomic E-state index is 13.1. The number of halogens is 3. The lowest BCUT2D eigenvalue weighted by atomic mass is 10.2. The first kappa shape index (κ1) is 16.0. The molecule has 23 heavy (non-hydrogen) atoms. The number of nitrogens with zero attached hydrogens (tertiary/aromatic N) is 4. The normalized spacial score (nSPS) is 18.5. The maximum absolute atomic E-state index is 13.1. The lowest BCUT2D eigenvalue weighted by Crippen LogP contribution is -2.26. The SMILES string of the molecule is CN(C)c1cc(C(F)(F)F)nc(N2CCCC2c2cccs2)n1. The molecule has 0 aromatic carbocycles. The Bertz CT molecular complexity index is 670. The lowest BCUT2D eigenvalue weighted by Gasteiger charge is -2.26. The van der Waals surface area contributed by atoms with Crippen LogP contribution in [0, 0.1) is 0 Å². The molecule has 2 aromatic rings. The smallest absolute Gasteiger partial charge is 0.363 e. The van der Waals surface area contributed by atoms with Crippen LogP contribution in [0.4, 0.5) is 24.9 Å². The highest BCUT2D eigenvalue weighted by molar-refractivity contribution is 7.10. The van der Waals surface area contributed by atoms with E-state index in [-0.39, 0.29) is 17.8 Å². The predicted molar refractivity (Wildman–Crippen MR) is 85.0 cm³/mol. The van der Waals surface area contributed by atoms with E-state index in [4.69, 9.17) is 0 Å². The molecular weight excluding hydrogens is 325 g/mol. The molecule has 0 radical (unpaired) electrons. The van der Waals surface area contributed by atoms with Crippen molar-refractivity contribution < 1.29 is 13.2 Å². The molecule has 0 bridgehead atoms. The summed E-state index contributed by atoms with van der Waals surface area (Å²) >= 11 is 1.61. The number of alkyl halides is 3. The summed E-state index contributed by atoms with van der Waals surface area (Å²) in [4.78, 5) is 12.7. The van der Waals surface area contributed by atoms with Gasteiger partial charge in [0.1, 0.15) is 5.82 Å². The van der Waals surface area contributed by atoms with Crippen molar-refractivity contribution in [3.05, 3.63) is 34.2 Å². The summed E-state index contributed by atoms with van der Waals surface area (Å²) in [7, 11) is 3.35. The van der Waals surface area contributed by atoms with Crippen LogP contribution in [-0.2, 0) is 6.18 Å². The summed E-state index contributed by atoms with van der Waals surface area (Å²) in [6.07, 6.45) is -2.67. The fourth-order valence-corrected chi connectivity index (χ4v) is 3.58. The topological polar surface area (TPSA) is 32.3 Å². The largest absolute Gasteiger partial charge is 0.433 e. The van der Waals surface area contributed by atoms with Crippen LogP contribution in [0.2, 0.25) is 0 Å². The third kappa shape index (κ3) is 3.26. The van der Waals surface area contributed by atoms with Gasteiger partial charge in [0.25, 0.3) is 0 Å². The van der Waals surface area contributed by atoms with Gasteiger partial charge in [-0.1, -0.05) is 6.07 Å². The highest BCUT2D eigenvalue weighted by Gasteiger charge is 2.36. The second-order valence-corrected chi connectivity index (χ2v) is 6.65. The van der Waals surface area contributed by atoms with E-state index in [1.54, 1.807) is 30.3 Å². The van der Waals surface area contributed by atoms with E-state index in [0.717, 1.165) is 23.8 Å². The van der Waals surface area contributed by atoms with Crippen molar-refractivity contribution in [3.63, 3.8) is 0 Å². The van der Waals surface area contributed by atoms with Crippen molar-refractivity contribution in [3.8, 4) is 0 Å². The number of rotatable bonds is 3. The van der Waals surface area contributed by atoms with Crippen molar-refractivity contribution >= 4 is 23.1 Å². The van der Waals surface area contributed by atoms with E-state index in [0.29, 0.717) is 6.54 Å². The average Bonchev–Trinajstić information content (AvgIpc) is 3.16. The molecule has 124 valence electrons. The van der Waals surface area contributed by atoms with Gasteiger partial charge >= 0.3 is 6.18 Å². The second-order valence-electron chi connectivity index (χ2n) is 5.67. The zero-order valence-electron chi connectivity index (χ0n) is 12.8. The second kappa shape index (κ2) is 5.99. The van der Waals surface area contributed by atoms with Crippen LogP contribution < -0.4 is 9.80 Å². The van der Waals surface area contributed by atoms with Gasteiger partial charge in [-0.2, -0.15) is 18.2 Å². The lowest BCUT2D eigenvalue weighted by molar-refractivity contribution is -0.141. The van der Waals surface area contributed by atoms with E-state index in [1.807, 2.05) is 22.4 Å². The summed E-state index contributed by atoms with van der Waals surface area (Å²) in [5.74, 6) is 0.415. The Morgan fingerprint density at radius 2 is 2.09 bits per heavy atom. The monoisotopic (exact) mass is 342 g/mol. The Labute approximate surface area is 136 Å². The van der Waals surface area contributed by atoms with Crippen LogP contribution in [0.1, 0.15) is 29.5 Å². The summed E-state index contributed by atoms with van der Waals surface area (Å²) in [6, 6.07) is 5.00. The first-order valence-corrected chi connectivity index (χ1v) is 8.18. The van der Waals surface area contributed by atoms with Crippen LogP contribution in [0.5, 0.6) is 0 Å². The van der Waals surface area contributed by atoms with Crippen LogP contribution >= 0.6 is 11.3 Å². The minimum Gasteiger partial charge on any atom is -0.363 e. The highest BCUT2D eigenvalue weighted by atomic mass is 32.1. The molecule has 1 aliphatic heterocycles. The molecule has 0 aliphatic carbocycles. The fourth-order valence-electron chi connectivity index (χ4n) is 2.71. The van der Waals surface area contributed by atoms with Crippen LogP contribution in [-0.4, -0.2) is 30.6 Å². The van der Waals surface area contributed by atoms with E-state index < -0.39 is 11.9 Å². The Hall–Kier alpha value is -1.83. The molecule has 3 rings (SSSR count). The van der Waals surface area contributed by atoms with Crippen molar-refractivity contribution in [2.24, 2.45) is 0 Å². The minimum atomic E-state index is -4.49. The van der Waals surface area contributed by atoms with Gasteiger partial charge in [-0.05, 0) is 24.3 Å². The quantitative estimate of drug-likeness (QED) is 0.845. The molecule has 8 heteroatoms. The van der Waals surface area contributed by atoms with Gasteiger partial charge in [0.2, 0.25) is 5.95 Å². The Kier molecular flexibility index (Phi) is 4.18. The Morgan fingerprint density at radius 3 is 2.70 bits per heavy atom. The predicted octanol–water partition coefficient (Wildman–Crippen LogP) is 3.96. The summed E-state index contributed by atoms with van der Waals surface area (Å²) < 4.78 is 39.4. The molecule has 4 nitrogen and oxygen atoms in total. The van der Waals surface area contributed by atoms with Crippen molar-refractivity contribution in [2.45, 2.75) is 25.1 Å². The first-order valence-electron chi connectivity index (χ1n) is 7.30. The number of hydrogen-bond acceptors (Lipinski definition) is 5. The molecular formula is C15H17F3N4S. The van der Waals surface area contributed by atoms with Gasteiger partial charge in [-0.15, -0.1) is 11.3 Å². The molecule has 1 atom stereocenters. The summed E-state index contributed by atoms with van der Waals surface area (Å²) in [5.41, 5.74) is -0.900. The zero-order chi connectivity index (χ0) is 16.6. The molecule has 0 spiro atoms.